The van der Waals surface area contributed by atoms with Crippen molar-refractivity contribution in [2.24, 2.45) is 7.05 Å². The lowest BCUT2D eigenvalue weighted by Gasteiger charge is -2.00. The molecule has 0 amide bonds. The van der Waals surface area contributed by atoms with Crippen molar-refractivity contribution in [3.63, 3.8) is 0 Å². The van der Waals surface area contributed by atoms with E-state index in [2.05, 4.69) is 64.3 Å². The Morgan fingerprint density at radius 1 is 0.947 bits per heavy atom. The summed E-state index contributed by atoms with van der Waals surface area (Å²) in [5.41, 5.74) is 4.74. The number of para-hydroxylation sites is 1. The fourth-order valence-corrected chi connectivity index (χ4v) is 2.75. The average Bonchev–Trinajstić information content (AvgIpc) is 3.08. The Labute approximate surface area is 110 Å². The molecule has 0 saturated carbocycles. The zero-order valence-electron chi connectivity index (χ0n) is 10.6. The molecular weight excluding hydrogens is 234 g/mol. The summed E-state index contributed by atoms with van der Waals surface area (Å²) in [5, 5.41) is 9.61. The van der Waals surface area contributed by atoms with Crippen molar-refractivity contribution in [2.75, 3.05) is 0 Å². The summed E-state index contributed by atoms with van der Waals surface area (Å²) in [6.07, 6.45) is 1.78. The van der Waals surface area contributed by atoms with Crippen molar-refractivity contribution in [1.29, 1.82) is 0 Å². The van der Waals surface area contributed by atoms with Gasteiger partial charge in [-0.25, -0.2) is 0 Å². The summed E-state index contributed by atoms with van der Waals surface area (Å²) in [6.45, 7) is 0. The number of hydrogen-bond acceptors (Lipinski definition) is 1. The quantitative estimate of drug-likeness (QED) is 0.546. The van der Waals surface area contributed by atoms with Gasteiger partial charge in [0, 0.05) is 40.6 Å². The maximum Gasteiger partial charge on any atom is 0.0650 e. The number of fused-ring (bicyclic) bond motifs is 3. The molecule has 0 bridgehead atoms. The predicted octanol–water partition coefficient (Wildman–Crippen LogP) is 3.72. The van der Waals surface area contributed by atoms with Gasteiger partial charge in [-0.3, -0.25) is 5.10 Å². The van der Waals surface area contributed by atoms with Crippen LogP contribution in [0.1, 0.15) is 0 Å². The zero-order valence-corrected chi connectivity index (χ0v) is 10.6. The van der Waals surface area contributed by atoms with Crippen LogP contribution in [0, 0.1) is 0 Å². The van der Waals surface area contributed by atoms with Gasteiger partial charge < -0.3 is 4.57 Å². The van der Waals surface area contributed by atoms with Crippen LogP contribution >= 0.6 is 0 Å². The maximum atomic E-state index is 4.02. The van der Waals surface area contributed by atoms with Gasteiger partial charge in [0.05, 0.1) is 5.69 Å². The zero-order chi connectivity index (χ0) is 12.8. The number of nitrogens with zero attached hydrogens (tertiary/aromatic N) is 2. The molecule has 2 heterocycles. The van der Waals surface area contributed by atoms with E-state index >= 15 is 0 Å². The molecule has 3 heteroatoms. The highest BCUT2D eigenvalue weighted by Crippen LogP contribution is 2.31. The Hall–Kier alpha value is -2.55. The number of aromatic amines is 1. The number of aryl methyl sites for hydroxylation is 1. The smallest absolute Gasteiger partial charge is 0.0650 e. The van der Waals surface area contributed by atoms with Crippen LogP contribution in [0.5, 0.6) is 0 Å². The van der Waals surface area contributed by atoms with Crippen LogP contribution in [0.3, 0.4) is 0 Å². The summed E-state index contributed by atoms with van der Waals surface area (Å²) < 4.78 is 2.24. The van der Waals surface area contributed by atoms with E-state index in [-0.39, 0.29) is 0 Å². The normalized spacial score (nSPS) is 11.4. The molecule has 0 spiro atoms. The second-order valence-corrected chi connectivity index (χ2v) is 4.78. The molecule has 0 unspecified atom stereocenters. The number of rotatable bonds is 1. The Bertz CT molecular complexity index is 870. The molecule has 0 fully saturated rings. The molecule has 19 heavy (non-hydrogen) atoms. The fourth-order valence-electron chi connectivity index (χ4n) is 2.75. The predicted molar refractivity (Wildman–Crippen MR) is 78.0 cm³/mol. The summed E-state index contributed by atoms with van der Waals surface area (Å²) in [4.78, 5) is 0. The highest BCUT2D eigenvalue weighted by atomic mass is 15.1. The molecular formula is C16H13N3. The summed E-state index contributed by atoms with van der Waals surface area (Å²) in [5.74, 6) is 0. The van der Waals surface area contributed by atoms with Crippen LogP contribution in [-0.2, 0) is 7.05 Å². The van der Waals surface area contributed by atoms with Crippen molar-refractivity contribution >= 4 is 21.8 Å². The van der Waals surface area contributed by atoms with Gasteiger partial charge in [0.25, 0.3) is 0 Å². The van der Waals surface area contributed by atoms with Gasteiger partial charge in [-0.15, -0.1) is 0 Å². The second-order valence-electron chi connectivity index (χ2n) is 4.78. The Morgan fingerprint density at radius 2 is 1.79 bits per heavy atom. The standard InChI is InChI=1S/C16H13N3/c1-19-15-5-3-2-4-12(15)13-10-11(6-7-16(13)19)14-8-9-17-18-14/h2-10H,1H3,(H,17,18). The molecule has 0 saturated heterocycles. The van der Waals surface area contributed by atoms with Gasteiger partial charge in [0.2, 0.25) is 0 Å². The minimum Gasteiger partial charge on any atom is -0.344 e. The van der Waals surface area contributed by atoms with E-state index in [9.17, 15) is 0 Å². The largest absolute Gasteiger partial charge is 0.344 e. The molecule has 2 aromatic carbocycles. The van der Waals surface area contributed by atoms with Crippen LogP contribution in [-0.4, -0.2) is 14.8 Å². The highest BCUT2D eigenvalue weighted by Gasteiger charge is 2.09. The first-order chi connectivity index (χ1) is 9.34. The van der Waals surface area contributed by atoms with Crippen molar-refractivity contribution in [1.82, 2.24) is 14.8 Å². The van der Waals surface area contributed by atoms with E-state index in [1.807, 2.05) is 6.07 Å². The molecule has 3 nitrogen and oxygen atoms in total. The molecule has 0 atom stereocenters. The third-order valence-electron chi connectivity index (χ3n) is 3.73. The minimum absolute atomic E-state index is 1.05. The lowest BCUT2D eigenvalue weighted by atomic mass is 10.1. The van der Waals surface area contributed by atoms with Crippen molar-refractivity contribution < 1.29 is 0 Å². The lowest BCUT2D eigenvalue weighted by Crippen LogP contribution is -1.86. The molecule has 92 valence electrons. The molecule has 1 N–H and O–H groups in total. The van der Waals surface area contributed by atoms with Gasteiger partial charge in [-0.05, 0) is 24.3 Å². The molecule has 0 aliphatic carbocycles. The van der Waals surface area contributed by atoms with Gasteiger partial charge in [-0.1, -0.05) is 24.3 Å². The number of benzene rings is 2. The number of hydrogen-bond donors (Lipinski definition) is 1. The van der Waals surface area contributed by atoms with E-state index in [1.54, 1.807) is 6.20 Å². The van der Waals surface area contributed by atoms with Crippen LogP contribution in [0.4, 0.5) is 0 Å². The van der Waals surface area contributed by atoms with Crippen molar-refractivity contribution in [3.8, 4) is 11.3 Å². The third kappa shape index (κ3) is 1.41. The van der Waals surface area contributed by atoms with Crippen molar-refractivity contribution in [3.05, 3.63) is 54.7 Å². The molecule has 0 aliphatic heterocycles. The summed E-state index contributed by atoms with van der Waals surface area (Å²) >= 11 is 0. The first-order valence-corrected chi connectivity index (χ1v) is 6.31. The summed E-state index contributed by atoms with van der Waals surface area (Å²) in [6, 6.07) is 17.0. The minimum atomic E-state index is 1.05. The monoisotopic (exact) mass is 247 g/mol. The third-order valence-corrected chi connectivity index (χ3v) is 3.73. The molecule has 0 radical (unpaired) electrons. The molecule has 4 rings (SSSR count). The molecule has 2 aromatic heterocycles. The Kier molecular flexibility index (Phi) is 2.03. The average molecular weight is 247 g/mol. The first kappa shape index (κ1) is 10.4. The topological polar surface area (TPSA) is 33.6 Å². The maximum absolute atomic E-state index is 4.02. The Balaban J connectivity index is 2.11. The second kappa shape index (κ2) is 3.72. The fraction of sp³-hybridized carbons (Fsp3) is 0.0625. The Morgan fingerprint density at radius 3 is 2.63 bits per heavy atom. The van der Waals surface area contributed by atoms with E-state index in [1.165, 1.54) is 27.4 Å². The van der Waals surface area contributed by atoms with Crippen molar-refractivity contribution in [2.45, 2.75) is 0 Å². The van der Waals surface area contributed by atoms with Crippen LogP contribution < -0.4 is 0 Å². The SMILES string of the molecule is Cn1c2ccccc2c2cc(-c3ccn[nH]3)ccc21. The number of aromatic nitrogens is 3. The number of H-pyrrole nitrogens is 1. The molecule has 0 aliphatic rings. The van der Waals surface area contributed by atoms with Crippen LogP contribution in [0.15, 0.2) is 54.7 Å². The van der Waals surface area contributed by atoms with E-state index in [0.29, 0.717) is 0 Å². The highest BCUT2D eigenvalue weighted by molar-refractivity contribution is 6.09. The van der Waals surface area contributed by atoms with Gasteiger partial charge in [0.15, 0.2) is 0 Å². The van der Waals surface area contributed by atoms with E-state index in [4.69, 9.17) is 0 Å². The van der Waals surface area contributed by atoms with Gasteiger partial charge >= 0.3 is 0 Å². The van der Waals surface area contributed by atoms with Gasteiger partial charge in [-0.2, -0.15) is 5.10 Å². The lowest BCUT2D eigenvalue weighted by molar-refractivity contribution is 1.01. The number of nitrogens with one attached hydrogen (secondary N) is 1. The van der Waals surface area contributed by atoms with Crippen LogP contribution in [0.25, 0.3) is 33.1 Å². The first-order valence-electron chi connectivity index (χ1n) is 6.31. The van der Waals surface area contributed by atoms with E-state index in [0.717, 1.165) is 5.69 Å². The summed E-state index contributed by atoms with van der Waals surface area (Å²) in [7, 11) is 2.11. The van der Waals surface area contributed by atoms with Crippen LogP contribution in [0.2, 0.25) is 0 Å². The van der Waals surface area contributed by atoms with E-state index < -0.39 is 0 Å². The van der Waals surface area contributed by atoms with Gasteiger partial charge in [0.1, 0.15) is 0 Å². The molecule has 4 aromatic rings.